The van der Waals surface area contributed by atoms with Gasteiger partial charge in [-0.2, -0.15) is 5.11 Å². The molecule has 1 unspecified atom stereocenters. The number of carbonyl (C=O) groups excluding carboxylic acids is 1. The van der Waals surface area contributed by atoms with Crippen molar-refractivity contribution in [3.8, 4) is 11.5 Å². The van der Waals surface area contributed by atoms with Gasteiger partial charge in [-0.1, -0.05) is 0 Å². The molecule has 1 atom stereocenters. The van der Waals surface area contributed by atoms with E-state index in [1.807, 2.05) is 11.8 Å². The van der Waals surface area contributed by atoms with Crippen LogP contribution in [0.2, 0.25) is 0 Å². The van der Waals surface area contributed by atoms with Crippen molar-refractivity contribution >= 4 is 23.2 Å². The van der Waals surface area contributed by atoms with Crippen LogP contribution in [0.5, 0.6) is 11.5 Å². The molecule has 1 aromatic carbocycles. The summed E-state index contributed by atoms with van der Waals surface area (Å²) < 4.78 is 10.3. The second-order valence-corrected chi connectivity index (χ2v) is 4.91. The zero-order valence-corrected chi connectivity index (χ0v) is 13.5. The third kappa shape index (κ3) is 3.33. The summed E-state index contributed by atoms with van der Waals surface area (Å²) in [6, 6.07) is 5.00. The second kappa shape index (κ2) is 7.17. The van der Waals surface area contributed by atoms with Gasteiger partial charge >= 0.3 is 0 Å². The van der Waals surface area contributed by atoms with E-state index in [4.69, 9.17) is 21.7 Å². The topological polar surface area (TPSA) is 75.5 Å². The first-order valence-corrected chi connectivity index (χ1v) is 7.23. The van der Waals surface area contributed by atoms with Crippen LogP contribution in [0.1, 0.15) is 17.3 Å². The summed E-state index contributed by atoms with van der Waals surface area (Å²) >= 11 is 5.07. The molecule has 0 aliphatic carbocycles. The number of hydrogen-bond donors (Lipinski definition) is 1. The average molecular weight is 322 g/mol. The zero-order chi connectivity index (χ0) is 16.1. The van der Waals surface area contributed by atoms with E-state index in [2.05, 4.69) is 15.5 Å². The van der Waals surface area contributed by atoms with Crippen LogP contribution < -0.4 is 14.8 Å². The Bertz CT molecular complexity index is 606. The van der Waals surface area contributed by atoms with Crippen LogP contribution in [-0.2, 0) is 0 Å². The van der Waals surface area contributed by atoms with E-state index < -0.39 is 0 Å². The summed E-state index contributed by atoms with van der Waals surface area (Å²) in [6.07, 6.45) is -0.249. The van der Waals surface area contributed by atoms with E-state index >= 15 is 0 Å². The Kier molecular flexibility index (Phi) is 5.26. The molecule has 2 rings (SSSR count). The number of hydrogen-bond acceptors (Lipinski definition) is 5. The maximum absolute atomic E-state index is 12.2. The minimum atomic E-state index is -0.249. The molecule has 1 amide bonds. The maximum atomic E-state index is 12.2. The molecular formula is C14H18N4O3S. The molecule has 1 aromatic rings. The first-order chi connectivity index (χ1) is 10.6. The Morgan fingerprint density at radius 1 is 1.36 bits per heavy atom. The molecule has 7 nitrogen and oxygen atoms in total. The average Bonchev–Trinajstić information content (AvgIpc) is 2.91. The number of carbonyl (C=O) groups is 1. The summed E-state index contributed by atoms with van der Waals surface area (Å²) in [5.74, 6) is 0.864. The molecule has 0 saturated heterocycles. The minimum absolute atomic E-state index is 0.218. The quantitative estimate of drug-likeness (QED) is 0.809. The number of azo groups is 1. The van der Waals surface area contributed by atoms with Crippen LogP contribution in [0.4, 0.5) is 0 Å². The lowest BCUT2D eigenvalue weighted by atomic mass is 10.2. The van der Waals surface area contributed by atoms with Gasteiger partial charge in [-0.15, -0.1) is 5.11 Å². The molecule has 118 valence electrons. The summed E-state index contributed by atoms with van der Waals surface area (Å²) in [5, 5.41) is 11.2. The molecule has 0 bridgehead atoms. The molecule has 0 saturated carbocycles. The second-order valence-electron chi connectivity index (χ2n) is 4.54. The highest BCUT2D eigenvalue weighted by molar-refractivity contribution is 7.80. The first kappa shape index (κ1) is 16.2. The fourth-order valence-corrected chi connectivity index (χ4v) is 2.42. The predicted molar refractivity (Wildman–Crippen MR) is 85.5 cm³/mol. The molecule has 0 fully saturated rings. The van der Waals surface area contributed by atoms with Gasteiger partial charge in [0.1, 0.15) is 0 Å². The van der Waals surface area contributed by atoms with Crippen molar-refractivity contribution < 1.29 is 14.3 Å². The third-order valence-electron chi connectivity index (χ3n) is 3.31. The highest BCUT2D eigenvalue weighted by atomic mass is 32.1. The number of thiocarbonyl (C=S) groups is 1. The smallest absolute Gasteiger partial charge is 0.251 e. The number of ether oxygens (including phenoxy) is 2. The van der Waals surface area contributed by atoms with Gasteiger partial charge in [-0.25, -0.2) is 0 Å². The number of nitrogens with one attached hydrogen (secondary N) is 1. The van der Waals surface area contributed by atoms with Crippen molar-refractivity contribution in [2.45, 2.75) is 13.1 Å². The van der Waals surface area contributed by atoms with E-state index in [1.165, 1.54) is 7.11 Å². The lowest BCUT2D eigenvalue weighted by Crippen LogP contribution is -2.41. The van der Waals surface area contributed by atoms with E-state index in [0.717, 1.165) is 0 Å². The summed E-state index contributed by atoms with van der Waals surface area (Å²) in [6.45, 7) is 3.00. The van der Waals surface area contributed by atoms with E-state index in [1.54, 1.807) is 25.3 Å². The van der Waals surface area contributed by atoms with Gasteiger partial charge < -0.3 is 19.7 Å². The number of methoxy groups -OCH3 is 2. The van der Waals surface area contributed by atoms with Gasteiger partial charge in [-0.3, -0.25) is 4.79 Å². The van der Waals surface area contributed by atoms with Crippen LogP contribution in [-0.4, -0.2) is 49.4 Å². The van der Waals surface area contributed by atoms with Gasteiger partial charge in [0, 0.05) is 12.1 Å². The Morgan fingerprint density at radius 3 is 2.73 bits per heavy atom. The van der Waals surface area contributed by atoms with Crippen LogP contribution in [0.25, 0.3) is 0 Å². The third-order valence-corrected chi connectivity index (χ3v) is 3.63. The number of nitrogens with zero attached hydrogens (tertiary/aromatic N) is 3. The molecular weight excluding hydrogens is 304 g/mol. The van der Waals surface area contributed by atoms with E-state index in [9.17, 15) is 4.79 Å². The lowest BCUT2D eigenvalue weighted by Gasteiger charge is -2.21. The SMILES string of the molecule is CCN1C(=S)N=NC1CNC(=O)c1ccc(OC)c(OC)c1. The van der Waals surface area contributed by atoms with Gasteiger partial charge in [0.25, 0.3) is 5.91 Å². The van der Waals surface area contributed by atoms with Gasteiger partial charge in [0.15, 0.2) is 17.7 Å². The predicted octanol–water partition coefficient (Wildman–Crippen LogP) is 1.83. The van der Waals surface area contributed by atoms with Gasteiger partial charge in [-0.05, 0) is 37.3 Å². The lowest BCUT2D eigenvalue weighted by molar-refractivity contribution is 0.0945. The molecule has 1 aliphatic heterocycles. The van der Waals surface area contributed by atoms with Crippen LogP contribution in [0.3, 0.4) is 0 Å². The maximum Gasteiger partial charge on any atom is 0.251 e. The van der Waals surface area contributed by atoms with Crippen molar-refractivity contribution in [3.05, 3.63) is 23.8 Å². The number of benzene rings is 1. The van der Waals surface area contributed by atoms with Crippen molar-refractivity contribution in [3.63, 3.8) is 0 Å². The van der Waals surface area contributed by atoms with E-state index in [-0.39, 0.29) is 12.1 Å². The van der Waals surface area contributed by atoms with Crippen LogP contribution in [0.15, 0.2) is 28.4 Å². The summed E-state index contributed by atoms with van der Waals surface area (Å²) in [4.78, 5) is 14.1. The highest BCUT2D eigenvalue weighted by Crippen LogP contribution is 2.27. The fourth-order valence-electron chi connectivity index (χ4n) is 2.12. The molecule has 0 spiro atoms. The molecule has 8 heteroatoms. The monoisotopic (exact) mass is 322 g/mol. The van der Waals surface area contributed by atoms with E-state index in [0.29, 0.717) is 35.3 Å². The molecule has 1 aliphatic rings. The highest BCUT2D eigenvalue weighted by Gasteiger charge is 2.25. The Balaban J connectivity index is 2.01. The van der Waals surface area contributed by atoms with Gasteiger partial charge in [0.2, 0.25) is 5.11 Å². The molecule has 1 N–H and O–H groups in total. The largest absolute Gasteiger partial charge is 0.493 e. The van der Waals surface area contributed by atoms with Crippen LogP contribution in [0, 0.1) is 0 Å². The minimum Gasteiger partial charge on any atom is -0.493 e. The van der Waals surface area contributed by atoms with Gasteiger partial charge in [0.05, 0.1) is 20.8 Å². The number of amides is 1. The number of likely N-dealkylation sites (N-methyl/N-ethyl adjacent to an activating group) is 1. The van der Waals surface area contributed by atoms with Crippen molar-refractivity contribution in [1.29, 1.82) is 0 Å². The Hall–Kier alpha value is -2.22. The molecule has 22 heavy (non-hydrogen) atoms. The zero-order valence-electron chi connectivity index (χ0n) is 12.7. The standard InChI is InChI=1S/C14H18N4O3S/c1-4-18-12(16-17-14(18)22)8-15-13(19)9-5-6-10(20-2)11(7-9)21-3/h5-7,12H,4,8H2,1-3H3,(H,15,19). The molecule has 1 heterocycles. The molecule has 0 radical (unpaired) electrons. The number of rotatable bonds is 6. The summed E-state index contributed by atoms with van der Waals surface area (Å²) in [5.41, 5.74) is 0.484. The first-order valence-electron chi connectivity index (χ1n) is 6.82. The molecule has 0 aromatic heterocycles. The Labute approximate surface area is 134 Å². The van der Waals surface area contributed by atoms with Crippen molar-refractivity contribution in [1.82, 2.24) is 10.2 Å². The van der Waals surface area contributed by atoms with Crippen LogP contribution >= 0.6 is 12.2 Å². The Morgan fingerprint density at radius 2 is 2.09 bits per heavy atom. The van der Waals surface area contributed by atoms with Crippen molar-refractivity contribution in [2.24, 2.45) is 10.2 Å². The fraction of sp³-hybridized carbons (Fsp3) is 0.429. The summed E-state index contributed by atoms with van der Waals surface area (Å²) in [7, 11) is 3.07. The van der Waals surface area contributed by atoms with Crippen molar-refractivity contribution in [2.75, 3.05) is 27.3 Å². The normalized spacial score (nSPS) is 16.8.